The van der Waals surface area contributed by atoms with Crippen molar-refractivity contribution < 1.29 is 9.59 Å². The number of amides is 2. The second-order valence-electron chi connectivity index (χ2n) is 9.19. The number of imide groups is 1. The van der Waals surface area contributed by atoms with Gasteiger partial charge in [0.25, 0.3) is 0 Å². The Balaban J connectivity index is 1.26. The number of carbonyl (C=O) groups excluding carboxylic acids is 2. The van der Waals surface area contributed by atoms with Crippen molar-refractivity contribution in [2.24, 2.45) is 0 Å². The quantitative estimate of drug-likeness (QED) is 0.513. The molecular weight excluding hydrogens is 456 g/mol. The zero-order valence-electron chi connectivity index (χ0n) is 18.8. The van der Waals surface area contributed by atoms with Gasteiger partial charge in [-0.1, -0.05) is 35.9 Å². The first-order valence-electron chi connectivity index (χ1n) is 11.5. The Bertz CT molecular complexity index is 1090. The third-order valence-corrected chi connectivity index (χ3v) is 7.94. The number of nitrogens with zero attached hydrogens (tertiary/aromatic N) is 3. The summed E-state index contributed by atoms with van der Waals surface area (Å²) in [7, 11) is 0. The molecule has 2 saturated heterocycles. The number of piperidine rings is 1. The van der Waals surface area contributed by atoms with Crippen molar-refractivity contribution in [3.8, 4) is 0 Å². The van der Waals surface area contributed by atoms with Crippen LogP contribution in [-0.2, 0) is 22.7 Å². The Morgan fingerprint density at radius 1 is 1.12 bits per heavy atom. The Kier molecular flexibility index (Phi) is 6.40. The van der Waals surface area contributed by atoms with Crippen LogP contribution in [0.2, 0.25) is 5.02 Å². The molecule has 174 valence electrons. The third kappa shape index (κ3) is 4.52. The SMILES string of the molecule is Cc1ccc(Cl)cc1N1CCN(Cc2cccc3c2CN(C2CCC(=O)NC2=O)C3S)CC1. The summed E-state index contributed by atoms with van der Waals surface area (Å²) >= 11 is 11.1. The maximum Gasteiger partial charge on any atom is 0.243 e. The highest BCUT2D eigenvalue weighted by Crippen LogP contribution is 2.41. The molecule has 2 aromatic rings. The Hall–Kier alpha value is -2.06. The van der Waals surface area contributed by atoms with Crippen molar-refractivity contribution in [3.63, 3.8) is 0 Å². The van der Waals surface area contributed by atoms with Gasteiger partial charge >= 0.3 is 0 Å². The standard InChI is InChI=1S/C25H29ClN4O2S/c1-16-5-6-18(26)13-22(16)29-11-9-28(10-12-29)14-17-3-2-4-19-20(17)15-30(25(19)33)21-7-8-23(31)27-24(21)32/h2-6,13,21,25,33H,7-12,14-15H2,1H3,(H,27,31,32). The lowest BCUT2D eigenvalue weighted by molar-refractivity contribution is -0.137. The minimum absolute atomic E-state index is 0.133. The molecule has 2 unspecified atom stereocenters. The number of nitrogens with one attached hydrogen (secondary N) is 1. The van der Waals surface area contributed by atoms with Crippen molar-refractivity contribution in [2.45, 2.75) is 44.3 Å². The van der Waals surface area contributed by atoms with E-state index in [1.807, 2.05) is 6.07 Å². The molecule has 3 aliphatic heterocycles. The first kappa shape index (κ1) is 22.7. The molecule has 0 aliphatic carbocycles. The molecule has 2 atom stereocenters. The third-order valence-electron chi connectivity index (χ3n) is 7.13. The van der Waals surface area contributed by atoms with Gasteiger partial charge in [-0.05, 0) is 47.7 Å². The maximum atomic E-state index is 12.5. The summed E-state index contributed by atoms with van der Waals surface area (Å²) in [6.45, 7) is 7.60. The van der Waals surface area contributed by atoms with E-state index < -0.39 is 0 Å². The summed E-state index contributed by atoms with van der Waals surface area (Å²) in [5.41, 5.74) is 6.22. The number of anilines is 1. The van der Waals surface area contributed by atoms with Gasteiger partial charge in [0.1, 0.15) is 0 Å². The summed E-state index contributed by atoms with van der Waals surface area (Å²) in [5.74, 6) is -0.386. The normalized spacial score (nSPS) is 24.2. The van der Waals surface area contributed by atoms with Crippen LogP contribution in [0.1, 0.15) is 40.5 Å². The molecule has 0 spiro atoms. The maximum absolute atomic E-state index is 12.5. The van der Waals surface area contributed by atoms with E-state index in [1.54, 1.807) is 0 Å². The fourth-order valence-electron chi connectivity index (χ4n) is 5.28. The highest BCUT2D eigenvalue weighted by molar-refractivity contribution is 7.80. The van der Waals surface area contributed by atoms with Crippen LogP contribution < -0.4 is 10.2 Å². The number of benzene rings is 2. The van der Waals surface area contributed by atoms with Crippen LogP contribution in [0.25, 0.3) is 0 Å². The van der Waals surface area contributed by atoms with Crippen LogP contribution in [0, 0.1) is 6.92 Å². The molecule has 3 aliphatic rings. The number of thiol groups is 1. The van der Waals surface area contributed by atoms with E-state index in [0.29, 0.717) is 19.4 Å². The van der Waals surface area contributed by atoms with Crippen molar-refractivity contribution in [1.29, 1.82) is 0 Å². The molecule has 1 N–H and O–H groups in total. The monoisotopic (exact) mass is 484 g/mol. The fraction of sp³-hybridized carbons (Fsp3) is 0.440. The lowest BCUT2D eigenvalue weighted by atomic mass is 10.0. The van der Waals surface area contributed by atoms with Gasteiger partial charge in [-0.25, -0.2) is 0 Å². The van der Waals surface area contributed by atoms with E-state index in [9.17, 15) is 9.59 Å². The number of hydrogen-bond donors (Lipinski definition) is 2. The van der Waals surface area contributed by atoms with Crippen LogP contribution in [0.5, 0.6) is 0 Å². The first-order chi connectivity index (χ1) is 15.9. The van der Waals surface area contributed by atoms with Gasteiger partial charge in [0.05, 0.1) is 11.4 Å². The van der Waals surface area contributed by atoms with Crippen LogP contribution in [-0.4, -0.2) is 53.8 Å². The predicted molar refractivity (Wildman–Crippen MR) is 134 cm³/mol. The number of piperazine rings is 1. The first-order valence-corrected chi connectivity index (χ1v) is 12.4. The molecule has 0 radical (unpaired) electrons. The van der Waals surface area contributed by atoms with Crippen molar-refractivity contribution in [3.05, 3.63) is 63.7 Å². The molecule has 5 rings (SSSR count). The summed E-state index contributed by atoms with van der Waals surface area (Å²) in [6, 6.07) is 12.2. The van der Waals surface area contributed by atoms with Gasteiger partial charge in [-0.3, -0.25) is 24.7 Å². The minimum atomic E-state index is -0.310. The lowest BCUT2D eigenvalue weighted by Gasteiger charge is -2.37. The Labute approximate surface area is 205 Å². The predicted octanol–water partition coefficient (Wildman–Crippen LogP) is 3.52. The van der Waals surface area contributed by atoms with Gasteiger partial charge in [-0.15, -0.1) is 0 Å². The van der Waals surface area contributed by atoms with Crippen LogP contribution in [0.15, 0.2) is 36.4 Å². The zero-order chi connectivity index (χ0) is 23.1. The number of halogens is 1. The van der Waals surface area contributed by atoms with E-state index in [4.69, 9.17) is 24.2 Å². The van der Waals surface area contributed by atoms with Crippen molar-refractivity contribution in [2.75, 3.05) is 31.1 Å². The van der Waals surface area contributed by atoms with Gasteiger partial charge < -0.3 is 4.90 Å². The fourth-order valence-corrected chi connectivity index (χ4v) is 5.93. The molecule has 2 fully saturated rings. The van der Waals surface area contributed by atoms with Gasteiger partial charge in [0.15, 0.2) is 0 Å². The zero-order valence-corrected chi connectivity index (χ0v) is 20.4. The second-order valence-corrected chi connectivity index (χ2v) is 10.1. The van der Waals surface area contributed by atoms with Gasteiger partial charge in [-0.2, -0.15) is 12.6 Å². The molecule has 0 bridgehead atoms. The molecule has 3 heterocycles. The highest BCUT2D eigenvalue weighted by atomic mass is 35.5. The molecule has 33 heavy (non-hydrogen) atoms. The van der Waals surface area contributed by atoms with Gasteiger partial charge in [0, 0.05) is 56.4 Å². The number of aryl methyl sites for hydroxylation is 1. The summed E-state index contributed by atoms with van der Waals surface area (Å²) in [6.07, 6.45) is 0.933. The summed E-state index contributed by atoms with van der Waals surface area (Å²) in [5, 5.41) is 3.13. The molecule has 2 amide bonds. The molecule has 0 aromatic heterocycles. The van der Waals surface area contributed by atoms with E-state index in [-0.39, 0.29) is 23.2 Å². The number of hydrogen-bond acceptors (Lipinski definition) is 6. The van der Waals surface area contributed by atoms with E-state index in [2.05, 4.69) is 57.3 Å². The van der Waals surface area contributed by atoms with Gasteiger partial charge in [0.2, 0.25) is 11.8 Å². The molecule has 0 saturated carbocycles. The van der Waals surface area contributed by atoms with Crippen LogP contribution in [0.3, 0.4) is 0 Å². The Morgan fingerprint density at radius 3 is 2.67 bits per heavy atom. The average molecular weight is 485 g/mol. The number of fused-ring (bicyclic) bond motifs is 1. The molecule has 6 nitrogen and oxygen atoms in total. The van der Waals surface area contributed by atoms with Crippen molar-refractivity contribution >= 4 is 41.7 Å². The summed E-state index contributed by atoms with van der Waals surface area (Å²) < 4.78 is 0. The smallest absolute Gasteiger partial charge is 0.243 e. The summed E-state index contributed by atoms with van der Waals surface area (Å²) in [4.78, 5) is 31.1. The second kappa shape index (κ2) is 9.29. The van der Waals surface area contributed by atoms with Crippen LogP contribution >= 0.6 is 24.2 Å². The molecule has 2 aromatic carbocycles. The lowest BCUT2D eigenvalue weighted by Crippen LogP contribution is -2.51. The molecular formula is C25H29ClN4O2S. The topological polar surface area (TPSA) is 55.9 Å². The van der Waals surface area contributed by atoms with E-state index >= 15 is 0 Å². The van der Waals surface area contributed by atoms with Crippen LogP contribution in [0.4, 0.5) is 5.69 Å². The number of carbonyl (C=O) groups is 2. The van der Waals surface area contributed by atoms with Crippen molar-refractivity contribution in [1.82, 2.24) is 15.1 Å². The van der Waals surface area contributed by atoms with E-state index in [1.165, 1.54) is 27.9 Å². The average Bonchev–Trinajstić information content (AvgIpc) is 3.13. The minimum Gasteiger partial charge on any atom is -0.369 e. The number of rotatable bonds is 4. The van der Waals surface area contributed by atoms with E-state index in [0.717, 1.165) is 37.7 Å². The Morgan fingerprint density at radius 2 is 1.91 bits per heavy atom. The molecule has 8 heteroatoms. The largest absolute Gasteiger partial charge is 0.369 e. The highest BCUT2D eigenvalue weighted by Gasteiger charge is 2.39.